The van der Waals surface area contributed by atoms with E-state index in [2.05, 4.69) is 6.92 Å². The lowest BCUT2D eigenvalue weighted by Gasteiger charge is -2.01. The van der Waals surface area contributed by atoms with Crippen LogP contribution < -0.4 is 0 Å². The standard InChI is InChI=1S/C12H20O4/c1-2-3-4-5-6-7-10-16-12(15)9-8-11(13)14/h8-9H,2-7,10H2,1H3,(H,13,14). The van der Waals surface area contributed by atoms with E-state index in [1.54, 1.807) is 0 Å². The third-order valence-corrected chi connectivity index (χ3v) is 2.10. The Hall–Kier alpha value is -1.32. The number of carbonyl (C=O) groups excluding carboxylic acids is 1. The van der Waals surface area contributed by atoms with Crippen molar-refractivity contribution in [2.45, 2.75) is 45.4 Å². The van der Waals surface area contributed by atoms with Crippen LogP contribution in [0, 0.1) is 0 Å². The maximum absolute atomic E-state index is 10.9. The number of rotatable bonds is 9. The molecule has 0 amide bonds. The summed E-state index contributed by atoms with van der Waals surface area (Å²) < 4.78 is 4.81. The van der Waals surface area contributed by atoms with E-state index in [-0.39, 0.29) is 0 Å². The number of carboxylic acid groups (broad SMARTS) is 1. The molecule has 0 unspecified atom stereocenters. The zero-order valence-electron chi connectivity index (χ0n) is 9.78. The zero-order chi connectivity index (χ0) is 12.2. The van der Waals surface area contributed by atoms with E-state index < -0.39 is 11.9 Å². The maximum atomic E-state index is 10.9. The van der Waals surface area contributed by atoms with Gasteiger partial charge in [0.1, 0.15) is 0 Å². The van der Waals surface area contributed by atoms with Crippen LogP contribution in [-0.4, -0.2) is 23.7 Å². The highest BCUT2D eigenvalue weighted by atomic mass is 16.5. The third kappa shape index (κ3) is 10.8. The molecule has 4 nitrogen and oxygen atoms in total. The van der Waals surface area contributed by atoms with Crippen molar-refractivity contribution >= 4 is 11.9 Å². The Morgan fingerprint density at radius 2 is 1.69 bits per heavy atom. The van der Waals surface area contributed by atoms with Crippen molar-refractivity contribution in [3.8, 4) is 0 Å². The van der Waals surface area contributed by atoms with Crippen LogP contribution in [0.25, 0.3) is 0 Å². The van der Waals surface area contributed by atoms with Crippen LogP contribution in [0.1, 0.15) is 45.4 Å². The van der Waals surface area contributed by atoms with Gasteiger partial charge in [-0.3, -0.25) is 0 Å². The maximum Gasteiger partial charge on any atom is 0.331 e. The van der Waals surface area contributed by atoms with Crippen molar-refractivity contribution in [1.29, 1.82) is 0 Å². The minimum atomic E-state index is -1.14. The fourth-order valence-corrected chi connectivity index (χ4v) is 1.24. The Balaban J connectivity index is 3.31. The van der Waals surface area contributed by atoms with Gasteiger partial charge in [-0.1, -0.05) is 39.0 Å². The normalized spacial score (nSPS) is 10.6. The van der Waals surface area contributed by atoms with Gasteiger partial charge in [-0.2, -0.15) is 0 Å². The van der Waals surface area contributed by atoms with Crippen molar-refractivity contribution in [2.24, 2.45) is 0 Å². The highest BCUT2D eigenvalue weighted by molar-refractivity contribution is 5.90. The van der Waals surface area contributed by atoms with Gasteiger partial charge in [0.25, 0.3) is 0 Å². The second-order valence-corrected chi connectivity index (χ2v) is 3.61. The monoisotopic (exact) mass is 228 g/mol. The molecule has 0 aromatic carbocycles. The first-order valence-corrected chi connectivity index (χ1v) is 5.74. The van der Waals surface area contributed by atoms with Crippen molar-refractivity contribution < 1.29 is 19.4 Å². The average molecular weight is 228 g/mol. The summed E-state index contributed by atoms with van der Waals surface area (Å²) in [6.07, 6.45) is 8.46. The molecule has 0 rings (SSSR count). The fourth-order valence-electron chi connectivity index (χ4n) is 1.24. The van der Waals surface area contributed by atoms with Crippen LogP contribution in [-0.2, 0) is 14.3 Å². The van der Waals surface area contributed by atoms with Gasteiger partial charge in [-0.15, -0.1) is 0 Å². The van der Waals surface area contributed by atoms with Gasteiger partial charge >= 0.3 is 11.9 Å². The first-order valence-electron chi connectivity index (χ1n) is 5.74. The summed E-state index contributed by atoms with van der Waals surface area (Å²) in [5.41, 5.74) is 0. The van der Waals surface area contributed by atoms with Crippen LogP contribution in [0.4, 0.5) is 0 Å². The molecular formula is C12H20O4. The van der Waals surface area contributed by atoms with E-state index in [4.69, 9.17) is 9.84 Å². The van der Waals surface area contributed by atoms with Gasteiger partial charge in [0, 0.05) is 12.2 Å². The SMILES string of the molecule is CCCCCCCCOC(=O)C=CC(=O)O. The number of unbranched alkanes of at least 4 members (excludes halogenated alkanes) is 5. The molecule has 0 radical (unpaired) electrons. The van der Waals surface area contributed by atoms with Crippen molar-refractivity contribution in [1.82, 2.24) is 0 Å². The van der Waals surface area contributed by atoms with E-state index in [1.165, 1.54) is 19.3 Å². The molecule has 0 aromatic heterocycles. The Morgan fingerprint density at radius 3 is 2.31 bits per heavy atom. The number of hydrogen-bond donors (Lipinski definition) is 1. The van der Waals surface area contributed by atoms with Crippen LogP contribution in [0.15, 0.2) is 12.2 Å². The molecule has 0 aromatic rings. The van der Waals surface area contributed by atoms with E-state index >= 15 is 0 Å². The first-order chi connectivity index (χ1) is 7.66. The molecular weight excluding hydrogens is 208 g/mol. The minimum absolute atomic E-state index is 0.370. The zero-order valence-corrected chi connectivity index (χ0v) is 9.78. The summed E-state index contributed by atoms with van der Waals surface area (Å²) in [5.74, 6) is -1.73. The Labute approximate surface area is 96.3 Å². The summed E-state index contributed by atoms with van der Waals surface area (Å²) in [5, 5.41) is 8.26. The van der Waals surface area contributed by atoms with Crippen molar-refractivity contribution in [3.63, 3.8) is 0 Å². The predicted octanol–water partition coefficient (Wildman–Crippen LogP) is 2.53. The molecule has 92 valence electrons. The summed E-state index contributed by atoms with van der Waals surface area (Å²) in [6.45, 7) is 2.53. The molecule has 16 heavy (non-hydrogen) atoms. The molecule has 0 bridgehead atoms. The number of ether oxygens (including phenoxy) is 1. The lowest BCUT2D eigenvalue weighted by Crippen LogP contribution is -2.03. The lowest BCUT2D eigenvalue weighted by atomic mass is 10.1. The van der Waals surface area contributed by atoms with Crippen LogP contribution in [0.5, 0.6) is 0 Å². The molecule has 0 fully saturated rings. The fraction of sp³-hybridized carbons (Fsp3) is 0.667. The molecule has 0 saturated carbocycles. The topological polar surface area (TPSA) is 63.6 Å². The number of aliphatic carboxylic acids is 1. The molecule has 0 aliphatic rings. The quantitative estimate of drug-likeness (QED) is 0.374. The van der Waals surface area contributed by atoms with Gasteiger partial charge in [-0.25, -0.2) is 9.59 Å². The van der Waals surface area contributed by atoms with Gasteiger partial charge in [0.15, 0.2) is 0 Å². The van der Waals surface area contributed by atoms with Gasteiger partial charge in [0.2, 0.25) is 0 Å². The molecule has 0 aliphatic heterocycles. The van der Waals surface area contributed by atoms with Crippen LogP contribution in [0.3, 0.4) is 0 Å². The number of hydrogen-bond acceptors (Lipinski definition) is 3. The van der Waals surface area contributed by atoms with Gasteiger partial charge in [-0.05, 0) is 6.42 Å². The smallest absolute Gasteiger partial charge is 0.331 e. The molecule has 0 aliphatic carbocycles. The van der Waals surface area contributed by atoms with Crippen molar-refractivity contribution in [2.75, 3.05) is 6.61 Å². The van der Waals surface area contributed by atoms with Crippen LogP contribution in [0.2, 0.25) is 0 Å². The number of carboxylic acids is 1. The Morgan fingerprint density at radius 1 is 1.06 bits per heavy atom. The highest BCUT2D eigenvalue weighted by Gasteiger charge is 1.97. The average Bonchev–Trinajstić information content (AvgIpc) is 2.25. The largest absolute Gasteiger partial charge is 0.478 e. The number of carbonyl (C=O) groups is 2. The van der Waals surface area contributed by atoms with Crippen molar-refractivity contribution in [3.05, 3.63) is 12.2 Å². The summed E-state index contributed by atoms with van der Waals surface area (Å²) in [7, 11) is 0. The molecule has 4 heteroatoms. The molecule has 1 N–H and O–H groups in total. The Kier molecular flexibility index (Phi) is 9.36. The van der Waals surface area contributed by atoms with E-state index in [1.807, 2.05) is 0 Å². The van der Waals surface area contributed by atoms with Crippen LogP contribution >= 0.6 is 0 Å². The summed E-state index contributed by atoms with van der Waals surface area (Å²) in [6, 6.07) is 0. The minimum Gasteiger partial charge on any atom is -0.478 e. The van der Waals surface area contributed by atoms with E-state index in [0.29, 0.717) is 6.61 Å². The second-order valence-electron chi connectivity index (χ2n) is 3.61. The predicted molar refractivity (Wildman–Crippen MR) is 61.1 cm³/mol. The first kappa shape index (κ1) is 14.7. The summed E-state index contributed by atoms with van der Waals surface area (Å²) >= 11 is 0. The molecule has 0 heterocycles. The molecule has 0 saturated heterocycles. The molecule has 0 atom stereocenters. The summed E-state index contributed by atoms with van der Waals surface area (Å²) in [4.78, 5) is 21.0. The molecule has 0 spiro atoms. The lowest BCUT2D eigenvalue weighted by molar-refractivity contribution is -0.138. The number of esters is 1. The van der Waals surface area contributed by atoms with E-state index in [0.717, 1.165) is 31.4 Å². The highest BCUT2D eigenvalue weighted by Crippen LogP contribution is 2.04. The Bertz CT molecular complexity index is 233. The third-order valence-electron chi connectivity index (χ3n) is 2.10. The van der Waals surface area contributed by atoms with E-state index in [9.17, 15) is 9.59 Å². The second kappa shape index (κ2) is 10.2. The van der Waals surface area contributed by atoms with Gasteiger partial charge < -0.3 is 9.84 Å². The van der Waals surface area contributed by atoms with Gasteiger partial charge in [0.05, 0.1) is 6.61 Å².